The number of anilines is 1. The van der Waals surface area contributed by atoms with E-state index >= 15 is 0 Å². The maximum Gasteiger partial charge on any atom is 0.225 e. The fourth-order valence-electron chi connectivity index (χ4n) is 1.63. The molecule has 1 rings (SSSR count). The lowest BCUT2D eigenvalue weighted by Gasteiger charge is -2.20. The average molecular weight is 252 g/mol. The summed E-state index contributed by atoms with van der Waals surface area (Å²) in [7, 11) is 0. The maximum atomic E-state index is 9.02. The maximum absolute atomic E-state index is 9.02. The van der Waals surface area contributed by atoms with E-state index in [2.05, 4.69) is 36.1 Å². The van der Waals surface area contributed by atoms with Crippen molar-refractivity contribution in [1.29, 1.82) is 0 Å². The Morgan fingerprint density at radius 1 is 1.28 bits per heavy atom. The van der Waals surface area contributed by atoms with Gasteiger partial charge in [-0.2, -0.15) is 0 Å². The lowest BCUT2D eigenvalue weighted by molar-refractivity contribution is 0.301. The number of rotatable bonds is 8. The number of hydrogen-bond acceptors (Lipinski definition) is 5. The van der Waals surface area contributed by atoms with Gasteiger partial charge in [-0.05, 0) is 6.42 Å². The van der Waals surface area contributed by atoms with Crippen LogP contribution in [0.4, 0.5) is 5.95 Å². The third-order valence-electron chi connectivity index (χ3n) is 2.55. The summed E-state index contributed by atoms with van der Waals surface area (Å²) in [6.45, 7) is 8.68. The van der Waals surface area contributed by atoms with E-state index in [4.69, 9.17) is 5.11 Å². The second-order valence-electron chi connectivity index (χ2n) is 4.64. The zero-order chi connectivity index (χ0) is 13.4. The Labute approximate surface area is 109 Å². The first-order valence-electron chi connectivity index (χ1n) is 6.57. The summed E-state index contributed by atoms with van der Waals surface area (Å²) in [5.41, 5.74) is 1.08. The molecule has 0 aliphatic heterocycles. The molecule has 0 atom stereocenters. The van der Waals surface area contributed by atoms with E-state index in [1.54, 1.807) is 0 Å². The van der Waals surface area contributed by atoms with Crippen molar-refractivity contribution in [3.63, 3.8) is 0 Å². The molecule has 0 unspecified atom stereocenters. The van der Waals surface area contributed by atoms with Crippen LogP contribution in [0.5, 0.6) is 0 Å². The number of nitrogens with zero attached hydrogens (tertiary/aromatic N) is 3. The second-order valence-corrected chi connectivity index (χ2v) is 4.64. The largest absolute Gasteiger partial charge is 0.395 e. The first-order valence-corrected chi connectivity index (χ1v) is 6.57. The molecule has 1 aromatic rings. The van der Waals surface area contributed by atoms with Gasteiger partial charge < -0.3 is 15.3 Å². The van der Waals surface area contributed by atoms with Crippen LogP contribution in [0.15, 0.2) is 12.4 Å². The molecule has 0 bridgehead atoms. The van der Waals surface area contributed by atoms with Gasteiger partial charge in [0.15, 0.2) is 0 Å². The Balaban J connectivity index is 2.61. The average Bonchev–Trinajstić information content (AvgIpc) is 2.37. The molecule has 0 saturated carbocycles. The van der Waals surface area contributed by atoms with E-state index in [-0.39, 0.29) is 6.61 Å². The fraction of sp³-hybridized carbons (Fsp3) is 0.692. The molecule has 0 radical (unpaired) electrons. The van der Waals surface area contributed by atoms with Gasteiger partial charge in [0.2, 0.25) is 5.95 Å². The predicted molar refractivity (Wildman–Crippen MR) is 73.6 cm³/mol. The van der Waals surface area contributed by atoms with Gasteiger partial charge in [0.05, 0.1) is 6.61 Å². The van der Waals surface area contributed by atoms with Crippen molar-refractivity contribution in [3.05, 3.63) is 18.0 Å². The number of nitrogens with one attached hydrogen (secondary N) is 1. The van der Waals surface area contributed by atoms with Gasteiger partial charge in [-0.3, -0.25) is 0 Å². The second kappa shape index (κ2) is 8.00. The number of hydrogen-bond donors (Lipinski definition) is 2. The Kier molecular flexibility index (Phi) is 6.60. The van der Waals surface area contributed by atoms with E-state index < -0.39 is 0 Å². The molecule has 1 heterocycles. The van der Waals surface area contributed by atoms with Crippen molar-refractivity contribution in [2.45, 2.75) is 39.8 Å². The van der Waals surface area contributed by atoms with Crippen molar-refractivity contribution in [2.75, 3.05) is 24.6 Å². The zero-order valence-corrected chi connectivity index (χ0v) is 11.6. The minimum Gasteiger partial charge on any atom is -0.395 e. The van der Waals surface area contributed by atoms with E-state index in [9.17, 15) is 0 Å². The van der Waals surface area contributed by atoms with Crippen LogP contribution >= 0.6 is 0 Å². The molecule has 5 nitrogen and oxygen atoms in total. The minimum atomic E-state index is 0.125. The smallest absolute Gasteiger partial charge is 0.225 e. The monoisotopic (exact) mass is 252 g/mol. The quantitative estimate of drug-likeness (QED) is 0.727. The standard InChI is InChI=1S/C13H24N4O/c1-4-5-17(6-7-18)13-15-9-12(10-16-13)8-14-11(2)3/h9-11,14,18H,4-8H2,1-3H3. The van der Waals surface area contributed by atoms with E-state index in [0.29, 0.717) is 18.5 Å². The summed E-state index contributed by atoms with van der Waals surface area (Å²) in [6.07, 6.45) is 4.70. The molecule has 18 heavy (non-hydrogen) atoms. The van der Waals surface area contributed by atoms with E-state index in [1.807, 2.05) is 17.3 Å². The molecule has 2 N–H and O–H groups in total. The minimum absolute atomic E-state index is 0.125. The lowest BCUT2D eigenvalue weighted by atomic mass is 10.3. The van der Waals surface area contributed by atoms with Crippen LogP contribution in [-0.4, -0.2) is 40.8 Å². The highest BCUT2D eigenvalue weighted by molar-refractivity contribution is 5.29. The Hall–Kier alpha value is -1.20. The van der Waals surface area contributed by atoms with Gasteiger partial charge in [-0.15, -0.1) is 0 Å². The molecule has 0 amide bonds. The van der Waals surface area contributed by atoms with Crippen LogP contribution < -0.4 is 10.2 Å². The summed E-state index contributed by atoms with van der Waals surface area (Å²) in [5, 5.41) is 12.3. The Bertz CT molecular complexity index is 320. The van der Waals surface area contributed by atoms with E-state index in [1.165, 1.54) is 0 Å². The summed E-state index contributed by atoms with van der Waals surface area (Å²) in [6, 6.07) is 0.454. The van der Waals surface area contributed by atoms with Gasteiger partial charge in [0.25, 0.3) is 0 Å². The van der Waals surface area contributed by atoms with Gasteiger partial charge >= 0.3 is 0 Å². The van der Waals surface area contributed by atoms with Crippen molar-refractivity contribution in [2.24, 2.45) is 0 Å². The van der Waals surface area contributed by atoms with Crippen LogP contribution in [0, 0.1) is 0 Å². The summed E-state index contributed by atoms with van der Waals surface area (Å²) in [4.78, 5) is 10.7. The number of aromatic nitrogens is 2. The normalized spacial score (nSPS) is 10.9. The number of aliphatic hydroxyl groups excluding tert-OH is 1. The van der Waals surface area contributed by atoms with Crippen molar-refractivity contribution in [1.82, 2.24) is 15.3 Å². The Morgan fingerprint density at radius 2 is 1.94 bits per heavy atom. The van der Waals surface area contributed by atoms with Crippen molar-refractivity contribution >= 4 is 5.95 Å². The Morgan fingerprint density at radius 3 is 2.44 bits per heavy atom. The zero-order valence-electron chi connectivity index (χ0n) is 11.6. The molecule has 5 heteroatoms. The molecular weight excluding hydrogens is 228 g/mol. The van der Waals surface area contributed by atoms with Crippen LogP contribution in [0.25, 0.3) is 0 Å². The highest BCUT2D eigenvalue weighted by atomic mass is 16.3. The summed E-state index contributed by atoms with van der Waals surface area (Å²) >= 11 is 0. The first-order chi connectivity index (χ1) is 8.67. The SMILES string of the molecule is CCCN(CCO)c1ncc(CNC(C)C)cn1. The molecule has 0 aliphatic rings. The predicted octanol–water partition coefficient (Wildman–Crippen LogP) is 1.18. The first kappa shape index (κ1) is 14.9. The van der Waals surface area contributed by atoms with Gasteiger partial charge in [-0.1, -0.05) is 20.8 Å². The third-order valence-corrected chi connectivity index (χ3v) is 2.55. The molecule has 0 aromatic carbocycles. The molecular formula is C13H24N4O. The number of aliphatic hydroxyl groups is 1. The lowest BCUT2D eigenvalue weighted by Crippen LogP contribution is -2.29. The molecule has 102 valence electrons. The molecule has 0 spiro atoms. The highest BCUT2D eigenvalue weighted by Crippen LogP contribution is 2.07. The van der Waals surface area contributed by atoms with Crippen LogP contribution in [-0.2, 0) is 6.54 Å². The van der Waals surface area contributed by atoms with Crippen LogP contribution in [0.1, 0.15) is 32.8 Å². The fourth-order valence-corrected chi connectivity index (χ4v) is 1.63. The third kappa shape index (κ3) is 4.98. The molecule has 0 aliphatic carbocycles. The topological polar surface area (TPSA) is 61.3 Å². The van der Waals surface area contributed by atoms with Crippen LogP contribution in [0.3, 0.4) is 0 Å². The van der Waals surface area contributed by atoms with Gasteiger partial charge in [-0.25, -0.2) is 9.97 Å². The molecule has 0 saturated heterocycles. The van der Waals surface area contributed by atoms with E-state index in [0.717, 1.165) is 25.1 Å². The summed E-state index contributed by atoms with van der Waals surface area (Å²) < 4.78 is 0. The van der Waals surface area contributed by atoms with Crippen molar-refractivity contribution in [3.8, 4) is 0 Å². The van der Waals surface area contributed by atoms with Gasteiger partial charge in [0, 0.05) is 43.6 Å². The van der Waals surface area contributed by atoms with Gasteiger partial charge in [0.1, 0.15) is 0 Å². The highest BCUT2D eigenvalue weighted by Gasteiger charge is 2.07. The van der Waals surface area contributed by atoms with Crippen molar-refractivity contribution < 1.29 is 5.11 Å². The van der Waals surface area contributed by atoms with Crippen LogP contribution in [0.2, 0.25) is 0 Å². The molecule has 0 fully saturated rings. The summed E-state index contributed by atoms with van der Waals surface area (Å²) in [5.74, 6) is 0.694. The molecule has 1 aromatic heterocycles.